The van der Waals surface area contributed by atoms with Crippen molar-refractivity contribution >= 4 is 33.0 Å². The quantitative estimate of drug-likeness (QED) is 0.246. The van der Waals surface area contributed by atoms with Crippen molar-refractivity contribution in [2.75, 3.05) is 5.01 Å². The van der Waals surface area contributed by atoms with Crippen LogP contribution in [-0.2, 0) is 0 Å². The first kappa shape index (κ1) is 22.6. The Morgan fingerprint density at radius 3 is 2.33 bits per heavy atom. The van der Waals surface area contributed by atoms with E-state index in [9.17, 15) is 4.39 Å². The maximum absolute atomic E-state index is 13.6. The Hall–Kier alpha value is -3.83. The molecule has 0 aliphatic carbocycles. The van der Waals surface area contributed by atoms with Crippen LogP contribution in [0.1, 0.15) is 48.9 Å². The van der Waals surface area contributed by atoms with Gasteiger partial charge in [-0.1, -0.05) is 86.6 Å². The van der Waals surface area contributed by atoms with Crippen molar-refractivity contribution in [3.63, 3.8) is 0 Å². The van der Waals surface area contributed by atoms with E-state index >= 15 is 0 Å². The van der Waals surface area contributed by atoms with Crippen molar-refractivity contribution < 1.29 is 4.39 Å². The van der Waals surface area contributed by atoms with Gasteiger partial charge in [0.2, 0.25) is 5.13 Å². The number of thiazole rings is 1. The zero-order valence-corrected chi connectivity index (χ0v) is 21.0. The summed E-state index contributed by atoms with van der Waals surface area (Å²) in [6.07, 6.45) is 0.734. The van der Waals surface area contributed by atoms with Gasteiger partial charge >= 0.3 is 0 Å². The second kappa shape index (κ2) is 9.32. The molecule has 0 N–H and O–H groups in total. The smallest absolute Gasteiger partial charge is 0.207 e. The van der Waals surface area contributed by atoms with Crippen molar-refractivity contribution in [1.29, 1.82) is 0 Å². The predicted molar refractivity (Wildman–Crippen MR) is 148 cm³/mol. The molecule has 0 radical (unpaired) electrons. The van der Waals surface area contributed by atoms with Gasteiger partial charge in [0.25, 0.3) is 0 Å². The SMILES string of the molecule is CC(C)c1ccc([C@H]2CC(c3ccc(F)cc3)=NN2c2nc(-c3ccc4ccccc4c3)cs2)cc1. The highest BCUT2D eigenvalue weighted by Crippen LogP contribution is 2.40. The second-order valence-corrected chi connectivity index (χ2v) is 10.4. The highest BCUT2D eigenvalue weighted by molar-refractivity contribution is 7.14. The van der Waals surface area contributed by atoms with Crippen LogP contribution in [0.25, 0.3) is 22.0 Å². The van der Waals surface area contributed by atoms with Crippen LogP contribution in [0.4, 0.5) is 9.52 Å². The first-order chi connectivity index (χ1) is 17.5. The van der Waals surface area contributed by atoms with Crippen LogP contribution in [0.2, 0.25) is 0 Å². The van der Waals surface area contributed by atoms with Gasteiger partial charge in [-0.25, -0.2) is 14.4 Å². The molecule has 0 saturated carbocycles. The van der Waals surface area contributed by atoms with E-state index in [4.69, 9.17) is 10.1 Å². The monoisotopic (exact) mass is 491 g/mol. The van der Waals surface area contributed by atoms with E-state index in [1.165, 1.54) is 34.0 Å². The van der Waals surface area contributed by atoms with Gasteiger partial charge in [0.1, 0.15) is 5.82 Å². The van der Waals surface area contributed by atoms with Crippen molar-refractivity contribution in [1.82, 2.24) is 4.98 Å². The molecule has 6 rings (SSSR count). The lowest BCUT2D eigenvalue weighted by Crippen LogP contribution is -2.18. The normalized spacial score (nSPS) is 15.6. The molecule has 0 unspecified atom stereocenters. The molecule has 1 aliphatic heterocycles. The summed E-state index contributed by atoms with van der Waals surface area (Å²) in [7, 11) is 0. The van der Waals surface area contributed by atoms with E-state index in [-0.39, 0.29) is 11.9 Å². The molecular formula is C31H26FN3S. The van der Waals surface area contributed by atoms with Crippen LogP contribution in [0.3, 0.4) is 0 Å². The number of hydrogen-bond acceptors (Lipinski definition) is 4. The Labute approximate surface area is 214 Å². The minimum atomic E-state index is -0.241. The fourth-order valence-corrected chi connectivity index (χ4v) is 5.55. The Bertz CT molecular complexity index is 1550. The summed E-state index contributed by atoms with van der Waals surface area (Å²) in [6.45, 7) is 4.41. The standard InChI is InChI=1S/C31H26FN3S/c1-20(2)21-7-10-24(11-8-21)30-18-28(23-13-15-27(32)16-14-23)34-35(30)31-33-29(19-36-31)26-12-9-22-5-3-4-6-25(22)17-26/h3-17,19-20,30H,18H2,1-2H3/t30-/m1/s1. The van der Waals surface area contributed by atoms with E-state index in [0.717, 1.165) is 34.1 Å². The fraction of sp³-hybridized carbons (Fsp3) is 0.161. The van der Waals surface area contributed by atoms with Gasteiger partial charge in [-0.05, 0) is 51.6 Å². The second-order valence-electron chi connectivity index (χ2n) is 9.52. The summed E-state index contributed by atoms with van der Waals surface area (Å²) < 4.78 is 13.6. The van der Waals surface area contributed by atoms with E-state index < -0.39 is 0 Å². The van der Waals surface area contributed by atoms with E-state index in [1.54, 1.807) is 23.5 Å². The highest BCUT2D eigenvalue weighted by Gasteiger charge is 2.32. The van der Waals surface area contributed by atoms with Crippen LogP contribution in [-0.4, -0.2) is 10.7 Å². The van der Waals surface area contributed by atoms with E-state index in [2.05, 4.69) is 86.0 Å². The number of nitrogens with zero attached hydrogens (tertiary/aromatic N) is 3. The molecule has 0 spiro atoms. The summed E-state index contributed by atoms with van der Waals surface area (Å²) in [4.78, 5) is 5.01. The lowest BCUT2D eigenvalue weighted by molar-refractivity contribution is 0.627. The number of rotatable bonds is 5. The van der Waals surface area contributed by atoms with Gasteiger partial charge in [0, 0.05) is 17.4 Å². The maximum Gasteiger partial charge on any atom is 0.207 e. The number of benzene rings is 4. The number of fused-ring (bicyclic) bond motifs is 1. The molecule has 1 atom stereocenters. The molecule has 5 aromatic rings. The first-order valence-corrected chi connectivity index (χ1v) is 13.1. The van der Waals surface area contributed by atoms with Crippen LogP contribution in [0, 0.1) is 5.82 Å². The van der Waals surface area contributed by atoms with E-state index in [1.807, 2.05) is 5.01 Å². The lowest BCUT2D eigenvalue weighted by Gasteiger charge is -2.21. The van der Waals surface area contributed by atoms with Crippen LogP contribution >= 0.6 is 11.3 Å². The molecule has 0 saturated heterocycles. The lowest BCUT2D eigenvalue weighted by atomic mass is 9.95. The molecule has 1 aromatic heterocycles. The summed E-state index contributed by atoms with van der Waals surface area (Å²) in [6, 6.07) is 30.3. The molecule has 36 heavy (non-hydrogen) atoms. The van der Waals surface area contributed by atoms with Crippen LogP contribution in [0.15, 0.2) is 101 Å². The zero-order valence-electron chi connectivity index (χ0n) is 20.2. The molecule has 0 amide bonds. The fourth-order valence-electron chi connectivity index (χ4n) is 4.72. The van der Waals surface area contributed by atoms with Crippen molar-refractivity contribution in [3.8, 4) is 11.3 Å². The zero-order chi connectivity index (χ0) is 24.6. The average molecular weight is 492 g/mol. The third-order valence-electron chi connectivity index (χ3n) is 6.81. The number of aromatic nitrogens is 1. The van der Waals surface area contributed by atoms with Gasteiger partial charge in [-0.3, -0.25) is 0 Å². The third-order valence-corrected chi connectivity index (χ3v) is 7.64. The van der Waals surface area contributed by atoms with Crippen LogP contribution < -0.4 is 5.01 Å². The van der Waals surface area contributed by atoms with Gasteiger partial charge in [-0.2, -0.15) is 5.10 Å². The minimum absolute atomic E-state index is 0.0295. The molecule has 4 aromatic carbocycles. The number of halogens is 1. The molecule has 3 nitrogen and oxygen atoms in total. The number of hydrogen-bond donors (Lipinski definition) is 0. The molecule has 0 bridgehead atoms. The summed E-state index contributed by atoms with van der Waals surface area (Å²) in [5.41, 5.74) is 6.43. The predicted octanol–water partition coefficient (Wildman–Crippen LogP) is 8.58. The number of anilines is 1. The average Bonchev–Trinajstić information content (AvgIpc) is 3.57. The maximum atomic E-state index is 13.6. The molecular weight excluding hydrogens is 465 g/mol. The van der Waals surface area contributed by atoms with Gasteiger partial charge < -0.3 is 0 Å². The van der Waals surface area contributed by atoms with Crippen LogP contribution in [0.5, 0.6) is 0 Å². The molecule has 178 valence electrons. The molecule has 2 heterocycles. The van der Waals surface area contributed by atoms with Crippen molar-refractivity contribution in [2.45, 2.75) is 32.2 Å². The first-order valence-electron chi connectivity index (χ1n) is 12.2. The van der Waals surface area contributed by atoms with Gasteiger partial charge in [-0.15, -0.1) is 11.3 Å². The van der Waals surface area contributed by atoms with Crippen molar-refractivity contribution in [2.24, 2.45) is 5.10 Å². The largest absolute Gasteiger partial charge is 0.231 e. The van der Waals surface area contributed by atoms with Gasteiger partial charge in [0.15, 0.2) is 0 Å². The number of hydrazone groups is 1. The Kier molecular flexibility index (Phi) is 5.86. The third kappa shape index (κ3) is 4.31. The Balaban J connectivity index is 1.37. The minimum Gasteiger partial charge on any atom is -0.231 e. The summed E-state index contributed by atoms with van der Waals surface area (Å²) in [5, 5.41) is 12.4. The van der Waals surface area contributed by atoms with Gasteiger partial charge in [0.05, 0.1) is 17.4 Å². The van der Waals surface area contributed by atoms with E-state index in [0.29, 0.717) is 5.92 Å². The molecule has 5 heteroatoms. The van der Waals surface area contributed by atoms with Crippen molar-refractivity contribution in [3.05, 3.63) is 119 Å². The Morgan fingerprint density at radius 2 is 1.58 bits per heavy atom. The summed E-state index contributed by atoms with van der Waals surface area (Å²) in [5.74, 6) is 0.239. The summed E-state index contributed by atoms with van der Waals surface area (Å²) >= 11 is 1.60. The Morgan fingerprint density at radius 1 is 0.861 bits per heavy atom. The highest BCUT2D eigenvalue weighted by atomic mass is 32.1. The topological polar surface area (TPSA) is 28.5 Å². The molecule has 1 aliphatic rings. The molecule has 0 fully saturated rings.